The third-order valence-corrected chi connectivity index (χ3v) is 4.58. The van der Waals surface area contributed by atoms with E-state index in [4.69, 9.17) is 0 Å². The van der Waals surface area contributed by atoms with E-state index in [1.54, 1.807) is 36.7 Å². The molecule has 0 aromatic rings. The Morgan fingerprint density at radius 1 is 0.690 bits per heavy atom. The van der Waals surface area contributed by atoms with E-state index >= 15 is 0 Å². The van der Waals surface area contributed by atoms with E-state index in [1.165, 1.54) is 26.2 Å². The van der Waals surface area contributed by atoms with E-state index in [9.17, 15) is 9.59 Å². The zero-order valence-electron chi connectivity index (χ0n) is 16.4. The van der Waals surface area contributed by atoms with Crippen LogP contribution in [-0.4, -0.2) is 73.7 Å². The van der Waals surface area contributed by atoms with Crippen molar-refractivity contribution >= 4 is 11.6 Å². The molecule has 0 atom stereocenters. The molecule has 0 amide bonds. The molecule has 159 valence electrons. The Hall–Kier alpha value is -2.18. The average Bonchev–Trinajstić information content (AvgIpc) is 3.61. The summed E-state index contributed by atoms with van der Waals surface area (Å²) in [7, 11) is 0. The van der Waals surface area contributed by atoms with Gasteiger partial charge in [-0.3, -0.25) is 19.4 Å². The summed E-state index contributed by atoms with van der Waals surface area (Å²) in [5, 5.41) is 6.29. The number of hydrogen-bond acceptors (Lipinski definition) is 6. The van der Waals surface area contributed by atoms with Crippen LogP contribution in [0.5, 0.6) is 0 Å². The van der Waals surface area contributed by atoms with Gasteiger partial charge in [0.1, 0.15) is 0 Å². The monoisotopic (exact) mass is 443 g/mol. The maximum Gasteiger partial charge on any atom is 0.187 e. The van der Waals surface area contributed by atoms with Gasteiger partial charge in [0, 0.05) is 93.0 Å². The van der Waals surface area contributed by atoms with Crippen molar-refractivity contribution < 1.29 is 26.7 Å². The fraction of sp³-hybridized carbons (Fsp3) is 0.364. The van der Waals surface area contributed by atoms with Gasteiger partial charge in [0.05, 0.1) is 0 Å². The number of allylic oxidation sites excluding steroid dienone is 10. The fourth-order valence-electron chi connectivity index (χ4n) is 2.60. The molecule has 4 rings (SSSR count). The summed E-state index contributed by atoms with van der Waals surface area (Å²) in [4.78, 5) is 27.2. The molecule has 1 radical (unpaired) electrons. The number of ketones is 2. The Bertz CT molecular complexity index is 693. The summed E-state index contributed by atoms with van der Waals surface area (Å²) in [5.41, 5.74) is 1.47. The molecule has 2 N–H and O–H groups in total. The number of nitrogens with one attached hydrogen (secondary N) is 2. The Morgan fingerprint density at radius 2 is 1.07 bits per heavy atom. The molecule has 2 heterocycles. The summed E-state index contributed by atoms with van der Waals surface area (Å²) in [6, 6.07) is 0. The van der Waals surface area contributed by atoms with E-state index in [0.717, 1.165) is 37.3 Å². The van der Waals surface area contributed by atoms with Crippen molar-refractivity contribution in [2.75, 3.05) is 52.4 Å². The van der Waals surface area contributed by atoms with E-state index in [1.807, 2.05) is 24.3 Å². The molecular formula is C22H28CuN4O2. The maximum absolute atomic E-state index is 11.3. The second kappa shape index (κ2) is 12.4. The van der Waals surface area contributed by atoms with Gasteiger partial charge in [-0.1, -0.05) is 24.3 Å². The minimum absolute atomic E-state index is 0. The van der Waals surface area contributed by atoms with Gasteiger partial charge in [-0.2, -0.15) is 0 Å². The van der Waals surface area contributed by atoms with Crippen LogP contribution in [0.4, 0.5) is 0 Å². The second-order valence-electron chi connectivity index (χ2n) is 6.96. The summed E-state index contributed by atoms with van der Waals surface area (Å²) in [6.45, 7) is 8.84. The molecule has 0 unspecified atom stereocenters. The number of carbonyl (C=O) groups excluding carboxylic acids is 2. The molecule has 2 saturated heterocycles. The molecule has 2 aliphatic carbocycles. The van der Waals surface area contributed by atoms with Crippen LogP contribution in [0.15, 0.2) is 72.2 Å². The van der Waals surface area contributed by atoms with E-state index in [0.29, 0.717) is 0 Å². The third-order valence-electron chi connectivity index (χ3n) is 4.58. The molecule has 29 heavy (non-hydrogen) atoms. The van der Waals surface area contributed by atoms with Crippen molar-refractivity contribution in [1.29, 1.82) is 0 Å². The zero-order chi connectivity index (χ0) is 19.6. The van der Waals surface area contributed by atoms with Crippen LogP contribution < -0.4 is 10.6 Å². The molecule has 6 nitrogen and oxygen atoms in total. The Balaban J connectivity index is 0.000000200. The number of carbonyl (C=O) groups is 2. The van der Waals surface area contributed by atoms with Crippen LogP contribution in [0, 0.1) is 0 Å². The van der Waals surface area contributed by atoms with Gasteiger partial charge in [0.2, 0.25) is 0 Å². The zero-order valence-corrected chi connectivity index (χ0v) is 17.4. The van der Waals surface area contributed by atoms with Crippen LogP contribution in [0.1, 0.15) is 0 Å². The molecule has 4 aliphatic rings. The summed E-state index contributed by atoms with van der Waals surface area (Å²) >= 11 is 0. The topological polar surface area (TPSA) is 64.2 Å². The van der Waals surface area contributed by atoms with Gasteiger partial charge in [-0.05, 0) is 24.3 Å². The predicted octanol–water partition coefficient (Wildman–Crippen LogP) is 0.939. The molecule has 0 saturated carbocycles. The smallest absolute Gasteiger partial charge is 0.187 e. The summed E-state index contributed by atoms with van der Waals surface area (Å²) in [5.74, 6) is 0.151. The van der Waals surface area contributed by atoms with Crippen molar-refractivity contribution in [3.05, 3.63) is 72.2 Å². The Morgan fingerprint density at radius 3 is 1.41 bits per heavy atom. The van der Waals surface area contributed by atoms with Gasteiger partial charge in [0.15, 0.2) is 11.6 Å². The van der Waals surface area contributed by atoms with Crippen molar-refractivity contribution in [3.8, 4) is 0 Å². The first-order valence-electron chi connectivity index (χ1n) is 9.82. The molecule has 0 aromatic heterocycles. The van der Waals surface area contributed by atoms with Crippen LogP contribution in [0.3, 0.4) is 0 Å². The SMILES string of the molecule is O=C1C=CC=CC1=CNCCN1CC1.O=C1C=CC=CC1=CNCCN1CC1.[Cu]. The van der Waals surface area contributed by atoms with Crippen molar-refractivity contribution in [2.24, 2.45) is 0 Å². The molecule has 2 fully saturated rings. The average molecular weight is 444 g/mol. The first-order valence-corrected chi connectivity index (χ1v) is 9.82. The standard InChI is InChI=1S/2C11H14N2O.Cu/c2*14-11-4-2-1-3-10(11)9-12-5-6-13-7-8-13;/h2*1-4,9,12H,5-8H2;. The van der Waals surface area contributed by atoms with E-state index < -0.39 is 0 Å². The van der Waals surface area contributed by atoms with Gasteiger partial charge >= 0.3 is 0 Å². The molecular weight excluding hydrogens is 416 g/mol. The first-order chi connectivity index (χ1) is 13.7. The van der Waals surface area contributed by atoms with Gasteiger partial charge in [-0.15, -0.1) is 0 Å². The van der Waals surface area contributed by atoms with Gasteiger partial charge in [0.25, 0.3) is 0 Å². The molecule has 2 aliphatic heterocycles. The summed E-state index contributed by atoms with van der Waals surface area (Å²) in [6.07, 6.45) is 17.7. The van der Waals surface area contributed by atoms with Crippen molar-refractivity contribution in [1.82, 2.24) is 20.4 Å². The number of rotatable bonds is 8. The molecule has 7 heteroatoms. The maximum atomic E-state index is 11.3. The predicted molar refractivity (Wildman–Crippen MR) is 112 cm³/mol. The molecule has 0 spiro atoms. The molecule has 0 aromatic carbocycles. The van der Waals surface area contributed by atoms with E-state index in [2.05, 4.69) is 20.4 Å². The molecule has 0 bridgehead atoms. The van der Waals surface area contributed by atoms with E-state index in [-0.39, 0.29) is 28.6 Å². The Labute approximate surface area is 183 Å². The van der Waals surface area contributed by atoms with Gasteiger partial charge < -0.3 is 10.6 Å². The minimum atomic E-state index is 0. The van der Waals surface area contributed by atoms with Gasteiger partial charge in [-0.25, -0.2) is 0 Å². The Kier molecular flexibility index (Phi) is 9.88. The van der Waals surface area contributed by atoms with Crippen LogP contribution >= 0.6 is 0 Å². The van der Waals surface area contributed by atoms with Crippen LogP contribution in [0.2, 0.25) is 0 Å². The summed E-state index contributed by atoms with van der Waals surface area (Å²) < 4.78 is 0. The normalized spacial score (nSPS) is 22.3. The number of nitrogens with zero attached hydrogens (tertiary/aromatic N) is 2. The van der Waals surface area contributed by atoms with Crippen molar-refractivity contribution in [2.45, 2.75) is 0 Å². The first kappa shape index (κ1) is 23.1. The third kappa shape index (κ3) is 9.24. The van der Waals surface area contributed by atoms with Crippen LogP contribution in [-0.2, 0) is 26.7 Å². The quantitative estimate of drug-likeness (QED) is 0.252. The fourth-order valence-corrected chi connectivity index (χ4v) is 2.60. The van der Waals surface area contributed by atoms with Crippen LogP contribution in [0.25, 0.3) is 0 Å². The number of hydrogen-bond donors (Lipinski definition) is 2. The minimum Gasteiger partial charge on any atom is -0.389 e. The second-order valence-corrected chi connectivity index (χ2v) is 6.96. The largest absolute Gasteiger partial charge is 0.389 e. The van der Waals surface area contributed by atoms with Crippen molar-refractivity contribution in [3.63, 3.8) is 0 Å².